The van der Waals surface area contributed by atoms with E-state index < -0.39 is 9.84 Å². The first kappa shape index (κ1) is 13.3. The number of aromatic nitrogens is 1. The molecule has 18 heavy (non-hydrogen) atoms. The van der Waals surface area contributed by atoms with Crippen molar-refractivity contribution in [3.8, 4) is 0 Å². The second-order valence-corrected chi connectivity index (χ2v) is 7.02. The van der Waals surface area contributed by atoms with Crippen molar-refractivity contribution >= 4 is 15.5 Å². The second kappa shape index (κ2) is 5.26. The van der Waals surface area contributed by atoms with Crippen LogP contribution in [0.2, 0.25) is 0 Å². The van der Waals surface area contributed by atoms with E-state index in [0.717, 1.165) is 32.1 Å². The first-order chi connectivity index (χ1) is 8.57. The lowest BCUT2D eigenvalue weighted by Gasteiger charge is -2.30. The summed E-state index contributed by atoms with van der Waals surface area (Å²) in [4.78, 5) is 3.98. The average Bonchev–Trinajstić information content (AvgIpc) is 2.39. The molecule has 1 aromatic heterocycles. The van der Waals surface area contributed by atoms with E-state index in [-0.39, 0.29) is 21.9 Å². The van der Waals surface area contributed by atoms with Gasteiger partial charge in [0, 0.05) is 6.20 Å². The minimum atomic E-state index is -3.39. The second-order valence-electron chi connectivity index (χ2n) is 4.93. The molecule has 1 saturated carbocycles. The Hall–Kier alpha value is -1.10. The smallest absolute Gasteiger partial charge is 0.200 e. The highest BCUT2D eigenvalue weighted by Gasteiger charge is 2.37. The minimum Gasteiger partial charge on any atom is -0.396 e. The maximum Gasteiger partial charge on any atom is 0.200 e. The average molecular weight is 268 g/mol. The van der Waals surface area contributed by atoms with Crippen molar-refractivity contribution in [2.75, 3.05) is 5.73 Å². The summed E-state index contributed by atoms with van der Waals surface area (Å²) in [5.74, 6) is 0.241. The molecule has 2 atom stereocenters. The lowest BCUT2D eigenvalue weighted by molar-refractivity contribution is 0.347. The van der Waals surface area contributed by atoms with Crippen LogP contribution < -0.4 is 5.73 Å². The molecule has 0 aromatic carbocycles. The normalized spacial score (nSPS) is 24.9. The molecular formula is C13H20N2O2S. The fraction of sp³-hybridized carbons (Fsp3) is 0.615. The van der Waals surface area contributed by atoms with Gasteiger partial charge in [-0.2, -0.15) is 0 Å². The van der Waals surface area contributed by atoms with Gasteiger partial charge in [0.05, 0.1) is 10.9 Å². The van der Waals surface area contributed by atoms with Crippen molar-refractivity contribution in [2.24, 2.45) is 5.92 Å². The molecule has 1 aliphatic rings. The lowest BCUT2D eigenvalue weighted by atomic mass is 9.87. The van der Waals surface area contributed by atoms with Crippen molar-refractivity contribution in [2.45, 2.75) is 49.3 Å². The number of sulfone groups is 1. The van der Waals surface area contributed by atoms with E-state index in [0.29, 0.717) is 0 Å². The van der Waals surface area contributed by atoms with Gasteiger partial charge < -0.3 is 5.73 Å². The Kier molecular flexibility index (Phi) is 3.90. The molecule has 0 saturated heterocycles. The predicted molar refractivity (Wildman–Crippen MR) is 71.9 cm³/mol. The van der Waals surface area contributed by atoms with Crippen LogP contribution in [0.25, 0.3) is 0 Å². The Bertz CT molecular complexity index is 513. The summed E-state index contributed by atoms with van der Waals surface area (Å²) in [5.41, 5.74) is 6.02. The SMILES string of the molecule is CCC1CCCCC1S(=O)(=O)c1ncccc1N. The number of nitrogens with two attached hydrogens (primary N) is 1. The van der Waals surface area contributed by atoms with Gasteiger partial charge in [0.1, 0.15) is 0 Å². The van der Waals surface area contributed by atoms with Gasteiger partial charge in [-0.1, -0.05) is 26.2 Å². The van der Waals surface area contributed by atoms with Gasteiger partial charge in [-0.05, 0) is 30.9 Å². The number of hydrogen-bond acceptors (Lipinski definition) is 4. The summed E-state index contributed by atoms with van der Waals surface area (Å²) in [6.45, 7) is 2.06. The van der Waals surface area contributed by atoms with Crippen LogP contribution in [0, 0.1) is 5.92 Å². The third kappa shape index (κ3) is 2.36. The summed E-state index contributed by atoms with van der Waals surface area (Å²) in [5, 5.41) is -0.246. The molecule has 2 unspecified atom stereocenters. The van der Waals surface area contributed by atoms with E-state index in [1.807, 2.05) is 0 Å². The zero-order chi connectivity index (χ0) is 13.2. The number of nitrogens with zero attached hydrogens (tertiary/aromatic N) is 1. The van der Waals surface area contributed by atoms with Crippen molar-refractivity contribution in [1.29, 1.82) is 0 Å². The molecule has 0 radical (unpaired) electrons. The molecule has 1 fully saturated rings. The van der Waals surface area contributed by atoms with E-state index in [4.69, 9.17) is 5.73 Å². The molecular weight excluding hydrogens is 248 g/mol. The van der Waals surface area contributed by atoms with Crippen molar-refractivity contribution < 1.29 is 8.42 Å². The lowest BCUT2D eigenvalue weighted by Crippen LogP contribution is -2.33. The van der Waals surface area contributed by atoms with E-state index in [9.17, 15) is 8.42 Å². The molecule has 4 nitrogen and oxygen atoms in total. The fourth-order valence-electron chi connectivity index (χ4n) is 2.83. The first-order valence-corrected chi connectivity index (χ1v) is 8.06. The molecule has 5 heteroatoms. The van der Waals surface area contributed by atoms with Crippen LogP contribution in [0.1, 0.15) is 39.0 Å². The minimum absolute atomic E-state index is 0.0651. The van der Waals surface area contributed by atoms with Crippen LogP contribution in [0.5, 0.6) is 0 Å². The Morgan fingerprint density at radius 2 is 2.11 bits per heavy atom. The maximum atomic E-state index is 12.6. The maximum absolute atomic E-state index is 12.6. The number of rotatable bonds is 3. The Balaban J connectivity index is 2.39. The molecule has 1 heterocycles. The fourth-order valence-corrected chi connectivity index (χ4v) is 5.04. The number of pyridine rings is 1. The highest BCUT2D eigenvalue weighted by molar-refractivity contribution is 7.92. The van der Waals surface area contributed by atoms with Crippen LogP contribution in [0.4, 0.5) is 5.69 Å². The molecule has 2 rings (SSSR count). The molecule has 0 aliphatic heterocycles. The molecule has 1 aromatic rings. The van der Waals surface area contributed by atoms with Crippen LogP contribution in [-0.4, -0.2) is 18.7 Å². The first-order valence-electron chi connectivity index (χ1n) is 6.51. The van der Waals surface area contributed by atoms with E-state index in [1.165, 1.54) is 6.20 Å². The Morgan fingerprint density at radius 3 is 2.78 bits per heavy atom. The van der Waals surface area contributed by atoms with Crippen molar-refractivity contribution in [3.63, 3.8) is 0 Å². The van der Waals surface area contributed by atoms with Gasteiger partial charge in [-0.15, -0.1) is 0 Å². The molecule has 0 bridgehead atoms. The van der Waals surface area contributed by atoms with Crippen LogP contribution in [0.15, 0.2) is 23.4 Å². The van der Waals surface area contributed by atoms with Crippen LogP contribution in [0.3, 0.4) is 0 Å². The third-order valence-electron chi connectivity index (χ3n) is 3.83. The third-order valence-corrected chi connectivity index (χ3v) is 6.13. The Morgan fingerprint density at radius 1 is 1.39 bits per heavy atom. The zero-order valence-electron chi connectivity index (χ0n) is 10.7. The number of hydrogen-bond donors (Lipinski definition) is 1. The van der Waals surface area contributed by atoms with Gasteiger partial charge in [0.25, 0.3) is 0 Å². The van der Waals surface area contributed by atoms with Gasteiger partial charge >= 0.3 is 0 Å². The van der Waals surface area contributed by atoms with Gasteiger partial charge in [-0.25, -0.2) is 13.4 Å². The summed E-state index contributed by atoms with van der Waals surface area (Å²) in [6, 6.07) is 3.26. The predicted octanol–water partition coefficient (Wildman–Crippen LogP) is 2.41. The molecule has 2 N–H and O–H groups in total. The number of nitrogen functional groups attached to an aromatic ring is 1. The summed E-state index contributed by atoms with van der Waals surface area (Å²) < 4.78 is 25.3. The van der Waals surface area contributed by atoms with E-state index in [1.54, 1.807) is 12.1 Å². The topological polar surface area (TPSA) is 73.0 Å². The molecule has 0 amide bonds. The summed E-state index contributed by atoms with van der Waals surface area (Å²) in [6.07, 6.45) is 6.23. The summed E-state index contributed by atoms with van der Waals surface area (Å²) in [7, 11) is -3.39. The molecule has 1 aliphatic carbocycles. The van der Waals surface area contributed by atoms with E-state index in [2.05, 4.69) is 11.9 Å². The quantitative estimate of drug-likeness (QED) is 0.913. The number of anilines is 1. The van der Waals surface area contributed by atoms with Gasteiger partial charge in [0.2, 0.25) is 9.84 Å². The monoisotopic (exact) mass is 268 g/mol. The van der Waals surface area contributed by atoms with E-state index >= 15 is 0 Å². The molecule has 0 spiro atoms. The largest absolute Gasteiger partial charge is 0.396 e. The van der Waals surface area contributed by atoms with Crippen LogP contribution in [-0.2, 0) is 9.84 Å². The standard InChI is InChI=1S/C13H20N2O2S/c1-2-10-6-3-4-8-12(10)18(16,17)13-11(14)7-5-9-15-13/h5,7,9-10,12H,2-4,6,8,14H2,1H3. The highest BCUT2D eigenvalue weighted by Crippen LogP contribution is 2.35. The van der Waals surface area contributed by atoms with Crippen LogP contribution >= 0.6 is 0 Å². The zero-order valence-corrected chi connectivity index (χ0v) is 11.5. The molecule has 100 valence electrons. The van der Waals surface area contributed by atoms with Gasteiger partial charge in [0.15, 0.2) is 5.03 Å². The van der Waals surface area contributed by atoms with Gasteiger partial charge in [-0.3, -0.25) is 0 Å². The Labute approximate surface area is 109 Å². The summed E-state index contributed by atoms with van der Waals surface area (Å²) >= 11 is 0. The van der Waals surface area contributed by atoms with Crippen molar-refractivity contribution in [1.82, 2.24) is 4.98 Å². The highest BCUT2D eigenvalue weighted by atomic mass is 32.2. The van der Waals surface area contributed by atoms with Crippen molar-refractivity contribution in [3.05, 3.63) is 18.3 Å².